The lowest BCUT2D eigenvalue weighted by atomic mass is 10.1. The molecule has 0 radical (unpaired) electrons. The number of hydrogen-bond acceptors (Lipinski definition) is 3. The molecule has 0 aliphatic rings. The molecular weight excluding hydrogens is 214 g/mol. The molecule has 2 aromatic rings. The lowest BCUT2D eigenvalue weighted by Crippen LogP contribution is -2.06. The number of hydrogen-bond donors (Lipinski definition) is 1. The summed E-state index contributed by atoms with van der Waals surface area (Å²) in [5.74, 6) is 0.277. The van der Waals surface area contributed by atoms with Gasteiger partial charge in [-0.3, -0.25) is 0 Å². The summed E-state index contributed by atoms with van der Waals surface area (Å²) < 4.78 is 1.77. The van der Waals surface area contributed by atoms with Gasteiger partial charge in [-0.2, -0.15) is 5.10 Å². The lowest BCUT2D eigenvalue weighted by molar-refractivity contribution is 0.474. The zero-order valence-corrected chi connectivity index (χ0v) is 9.06. The van der Waals surface area contributed by atoms with Crippen molar-refractivity contribution in [1.82, 2.24) is 14.8 Å². The van der Waals surface area contributed by atoms with Crippen LogP contribution in [0, 0.1) is 0 Å². The van der Waals surface area contributed by atoms with Gasteiger partial charge in [-0.05, 0) is 24.6 Å². The van der Waals surface area contributed by atoms with E-state index in [1.807, 2.05) is 19.1 Å². The number of phenols is 1. The number of phenolic OH excluding ortho intramolecular Hbond substituents is 1. The molecule has 2 rings (SSSR count). The van der Waals surface area contributed by atoms with Gasteiger partial charge < -0.3 is 5.11 Å². The summed E-state index contributed by atoms with van der Waals surface area (Å²) in [4.78, 5) is 3.89. The predicted molar refractivity (Wildman–Crippen MR) is 59.2 cm³/mol. The molecule has 15 heavy (non-hydrogen) atoms. The van der Waals surface area contributed by atoms with Crippen molar-refractivity contribution in [2.75, 3.05) is 0 Å². The van der Waals surface area contributed by atoms with E-state index in [2.05, 4.69) is 10.1 Å². The van der Waals surface area contributed by atoms with E-state index in [-0.39, 0.29) is 24.2 Å². The van der Waals surface area contributed by atoms with Crippen molar-refractivity contribution in [3.05, 3.63) is 42.5 Å². The van der Waals surface area contributed by atoms with Crippen molar-refractivity contribution in [1.29, 1.82) is 0 Å². The summed E-state index contributed by atoms with van der Waals surface area (Å²) in [5.41, 5.74) is 1.09. The van der Waals surface area contributed by atoms with Crippen LogP contribution in [0.15, 0.2) is 36.9 Å². The van der Waals surface area contributed by atoms with E-state index in [4.69, 9.17) is 5.11 Å². The van der Waals surface area contributed by atoms with Crippen LogP contribution in [0.25, 0.3) is 0 Å². The van der Waals surface area contributed by atoms with Gasteiger partial charge in [0.05, 0.1) is 6.04 Å². The Kier molecular flexibility index (Phi) is 3.68. The van der Waals surface area contributed by atoms with Crippen molar-refractivity contribution in [2.45, 2.75) is 13.0 Å². The Morgan fingerprint density at radius 1 is 1.27 bits per heavy atom. The number of halogens is 1. The van der Waals surface area contributed by atoms with E-state index < -0.39 is 0 Å². The summed E-state index contributed by atoms with van der Waals surface area (Å²) in [5, 5.41) is 13.2. The molecule has 1 atom stereocenters. The maximum Gasteiger partial charge on any atom is 0.137 e. The third-order valence-electron chi connectivity index (χ3n) is 2.21. The Balaban J connectivity index is 0.00000112. The van der Waals surface area contributed by atoms with E-state index in [9.17, 15) is 0 Å². The number of rotatable bonds is 2. The van der Waals surface area contributed by atoms with Crippen molar-refractivity contribution >= 4 is 12.4 Å². The zero-order valence-electron chi connectivity index (χ0n) is 8.24. The number of nitrogens with zero attached hydrogens (tertiary/aromatic N) is 3. The van der Waals surface area contributed by atoms with Gasteiger partial charge in [-0.25, -0.2) is 9.67 Å². The largest absolute Gasteiger partial charge is 0.508 e. The molecule has 80 valence electrons. The highest BCUT2D eigenvalue weighted by molar-refractivity contribution is 5.85. The van der Waals surface area contributed by atoms with Crippen molar-refractivity contribution in [3.8, 4) is 5.75 Å². The second-order valence-corrected chi connectivity index (χ2v) is 3.14. The molecule has 0 fully saturated rings. The van der Waals surface area contributed by atoms with Crippen LogP contribution in [-0.2, 0) is 0 Å². The van der Waals surface area contributed by atoms with Crippen molar-refractivity contribution in [3.63, 3.8) is 0 Å². The van der Waals surface area contributed by atoms with E-state index >= 15 is 0 Å². The maximum atomic E-state index is 9.13. The fourth-order valence-electron chi connectivity index (χ4n) is 1.32. The van der Waals surface area contributed by atoms with Gasteiger partial charge in [-0.1, -0.05) is 12.1 Å². The normalized spacial score (nSPS) is 11.8. The van der Waals surface area contributed by atoms with Gasteiger partial charge in [0.25, 0.3) is 0 Å². The predicted octanol–water partition coefficient (Wildman–Crippen LogP) is 2.01. The van der Waals surface area contributed by atoms with Gasteiger partial charge >= 0.3 is 0 Å². The fourth-order valence-corrected chi connectivity index (χ4v) is 1.32. The van der Waals surface area contributed by atoms with Crippen molar-refractivity contribution < 1.29 is 5.11 Å². The zero-order chi connectivity index (χ0) is 9.97. The van der Waals surface area contributed by atoms with Crippen molar-refractivity contribution in [2.24, 2.45) is 0 Å². The standard InChI is InChI=1S/C10H11N3O.ClH/c1-8(13-7-11-6-12-13)9-2-4-10(14)5-3-9;/h2-8,14H,1H3;1H. The number of aromatic nitrogens is 3. The first kappa shape index (κ1) is 11.5. The summed E-state index contributed by atoms with van der Waals surface area (Å²) >= 11 is 0. The fraction of sp³-hybridized carbons (Fsp3) is 0.200. The van der Waals surface area contributed by atoms with Gasteiger partial charge in [0.15, 0.2) is 0 Å². The molecule has 4 nitrogen and oxygen atoms in total. The Bertz CT molecular complexity index is 399. The Labute approximate surface area is 94.0 Å². The van der Waals surface area contributed by atoms with Gasteiger partial charge in [-0.15, -0.1) is 12.4 Å². The summed E-state index contributed by atoms with van der Waals surface area (Å²) in [6.45, 7) is 2.03. The smallest absolute Gasteiger partial charge is 0.137 e. The van der Waals surface area contributed by atoms with E-state index in [1.54, 1.807) is 23.1 Å². The third-order valence-corrected chi connectivity index (χ3v) is 2.21. The molecule has 0 aliphatic carbocycles. The summed E-state index contributed by atoms with van der Waals surface area (Å²) in [6.07, 6.45) is 3.19. The van der Waals surface area contributed by atoms with Crippen LogP contribution in [0.5, 0.6) is 5.75 Å². The van der Waals surface area contributed by atoms with Crippen LogP contribution in [0.2, 0.25) is 0 Å². The van der Waals surface area contributed by atoms with E-state index in [1.165, 1.54) is 6.33 Å². The van der Waals surface area contributed by atoms with Crippen LogP contribution in [0.1, 0.15) is 18.5 Å². The van der Waals surface area contributed by atoms with Gasteiger partial charge in [0, 0.05) is 0 Å². The number of aromatic hydroxyl groups is 1. The molecule has 1 unspecified atom stereocenters. The van der Waals surface area contributed by atoms with Crippen LogP contribution < -0.4 is 0 Å². The minimum absolute atomic E-state index is 0. The highest BCUT2D eigenvalue weighted by Gasteiger charge is 2.07. The molecule has 0 saturated carbocycles. The molecule has 0 aliphatic heterocycles. The first-order valence-electron chi connectivity index (χ1n) is 4.40. The SMILES string of the molecule is CC(c1ccc(O)cc1)n1cncn1.Cl. The molecular formula is C10H12ClN3O. The average Bonchev–Trinajstić information content (AvgIpc) is 2.71. The minimum atomic E-state index is 0. The first-order valence-corrected chi connectivity index (χ1v) is 4.40. The highest BCUT2D eigenvalue weighted by Crippen LogP contribution is 2.18. The van der Waals surface area contributed by atoms with E-state index in [0.717, 1.165) is 5.56 Å². The van der Waals surface area contributed by atoms with Crippen LogP contribution in [0.3, 0.4) is 0 Å². The molecule has 1 N–H and O–H groups in total. The quantitative estimate of drug-likeness (QED) is 0.851. The molecule has 5 heteroatoms. The first-order chi connectivity index (χ1) is 6.77. The van der Waals surface area contributed by atoms with E-state index in [0.29, 0.717) is 0 Å². The highest BCUT2D eigenvalue weighted by atomic mass is 35.5. The lowest BCUT2D eigenvalue weighted by Gasteiger charge is -2.11. The molecule has 0 saturated heterocycles. The Hall–Kier alpha value is -1.55. The topological polar surface area (TPSA) is 50.9 Å². The molecule has 0 amide bonds. The minimum Gasteiger partial charge on any atom is -0.508 e. The second-order valence-electron chi connectivity index (χ2n) is 3.14. The molecule has 0 bridgehead atoms. The third kappa shape index (κ3) is 2.47. The monoisotopic (exact) mass is 225 g/mol. The molecule has 0 spiro atoms. The Morgan fingerprint density at radius 3 is 2.47 bits per heavy atom. The maximum absolute atomic E-state index is 9.13. The van der Waals surface area contributed by atoms with Crippen LogP contribution in [0.4, 0.5) is 0 Å². The van der Waals surface area contributed by atoms with Gasteiger partial charge in [0.2, 0.25) is 0 Å². The van der Waals surface area contributed by atoms with Crippen LogP contribution in [-0.4, -0.2) is 19.9 Å². The number of benzene rings is 1. The van der Waals surface area contributed by atoms with Gasteiger partial charge in [0.1, 0.15) is 18.4 Å². The molecule has 1 heterocycles. The average molecular weight is 226 g/mol. The summed E-state index contributed by atoms with van der Waals surface area (Å²) in [6, 6.07) is 7.23. The summed E-state index contributed by atoms with van der Waals surface area (Å²) in [7, 11) is 0. The molecule has 1 aromatic carbocycles. The molecule has 1 aromatic heterocycles. The van der Waals surface area contributed by atoms with Crippen LogP contribution >= 0.6 is 12.4 Å². The Morgan fingerprint density at radius 2 is 1.93 bits per heavy atom. The second kappa shape index (κ2) is 4.79.